The van der Waals surface area contributed by atoms with Crippen LogP contribution in [0.1, 0.15) is 40.5 Å². The fraction of sp³-hybridized carbons (Fsp3) is 0.389. The zero-order valence-electron chi connectivity index (χ0n) is 13.9. The molecule has 0 atom stereocenters. The van der Waals surface area contributed by atoms with Crippen LogP contribution in [0.5, 0.6) is 11.5 Å². The van der Waals surface area contributed by atoms with Crippen LogP contribution in [0.3, 0.4) is 0 Å². The van der Waals surface area contributed by atoms with Gasteiger partial charge in [-0.05, 0) is 30.9 Å². The van der Waals surface area contributed by atoms with Gasteiger partial charge in [-0.15, -0.1) is 0 Å². The van der Waals surface area contributed by atoms with E-state index in [0.717, 1.165) is 24.2 Å². The van der Waals surface area contributed by atoms with Gasteiger partial charge in [0, 0.05) is 24.9 Å². The highest BCUT2D eigenvalue weighted by Crippen LogP contribution is 2.37. The summed E-state index contributed by atoms with van der Waals surface area (Å²) in [6.45, 7) is 0.493. The highest BCUT2D eigenvalue weighted by atomic mass is 16.5. The third kappa shape index (κ3) is 3.64. The van der Waals surface area contributed by atoms with Crippen LogP contribution >= 0.6 is 0 Å². The van der Waals surface area contributed by atoms with Crippen molar-refractivity contribution in [2.75, 3.05) is 20.8 Å². The zero-order chi connectivity index (χ0) is 16.9. The highest BCUT2D eigenvalue weighted by molar-refractivity contribution is 5.93. The molecule has 3 rings (SSSR count). The van der Waals surface area contributed by atoms with Crippen LogP contribution in [0, 0.1) is 0 Å². The van der Waals surface area contributed by atoms with E-state index in [-0.39, 0.29) is 5.91 Å². The molecule has 1 aliphatic carbocycles. The molecule has 1 fully saturated rings. The number of amides is 1. The first-order chi connectivity index (χ1) is 11.7. The number of carbonyl (C=O) groups is 1. The summed E-state index contributed by atoms with van der Waals surface area (Å²) >= 11 is 0. The average molecular weight is 327 g/mol. The Bertz CT molecular complexity index is 712. The summed E-state index contributed by atoms with van der Waals surface area (Å²) in [6, 6.07) is 5.71. The van der Waals surface area contributed by atoms with Gasteiger partial charge in [0.05, 0.1) is 19.8 Å². The lowest BCUT2D eigenvalue weighted by Gasteiger charge is -2.12. The molecule has 0 bridgehead atoms. The second-order valence-corrected chi connectivity index (χ2v) is 5.76. The second-order valence-electron chi connectivity index (χ2n) is 5.76. The number of nitrogens with one attached hydrogen (secondary N) is 1. The summed E-state index contributed by atoms with van der Waals surface area (Å²) in [4.78, 5) is 20.7. The van der Waals surface area contributed by atoms with Gasteiger partial charge in [0.15, 0.2) is 11.5 Å². The van der Waals surface area contributed by atoms with Crippen molar-refractivity contribution in [3.63, 3.8) is 0 Å². The van der Waals surface area contributed by atoms with E-state index >= 15 is 0 Å². The Balaban J connectivity index is 1.57. The summed E-state index contributed by atoms with van der Waals surface area (Å²) in [5.41, 5.74) is 1.47. The third-order valence-electron chi connectivity index (χ3n) is 4.04. The summed E-state index contributed by atoms with van der Waals surface area (Å²) in [5.74, 6) is 2.55. The topological polar surface area (TPSA) is 73.3 Å². The van der Waals surface area contributed by atoms with Gasteiger partial charge in [0.1, 0.15) is 5.82 Å². The summed E-state index contributed by atoms with van der Waals surface area (Å²) in [5, 5.41) is 2.89. The first kappa shape index (κ1) is 16.2. The smallest absolute Gasteiger partial charge is 0.254 e. The highest BCUT2D eigenvalue weighted by Gasteiger charge is 2.26. The van der Waals surface area contributed by atoms with Gasteiger partial charge in [-0.3, -0.25) is 4.79 Å². The maximum atomic E-state index is 12.2. The standard InChI is InChI=1S/C18H21N3O3/c1-23-15-5-3-4-12(16(15)24-2)8-9-19-18(22)14-10-20-17(21-11-14)13-6-7-13/h3-5,10-11,13H,6-9H2,1-2H3,(H,19,22). The SMILES string of the molecule is COc1cccc(CCNC(=O)c2cnc(C3CC3)nc2)c1OC. The van der Waals surface area contributed by atoms with Crippen LogP contribution in [0.2, 0.25) is 0 Å². The third-order valence-corrected chi connectivity index (χ3v) is 4.04. The van der Waals surface area contributed by atoms with Gasteiger partial charge in [-0.2, -0.15) is 0 Å². The molecule has 0 spiro atoms. The predicted octanol–water partition coefficient (Wildman–Crippen LogP) is 2.34. The van der Waals surface area contributed by atoms with Crippen LogP contribution < -0.4 is 14.8 Å². The van der Waals surface area contributed by atoms with Gasteiger partial charge >= 0.3 is 0 Å². The second kappa shape index (κ2) is 7.29. The molecule has 1 aromatic heterocycles. The minimum Gasteiger partial charge on any atom is -0.493 e. The number of ether oxygens (including phenoxy) is 2. The molecular formula is C18H21N3O3. The number of hydrogen-bond acceptors (Lipinski definition) is 5. The lowest BCUT2D eigenvalue weighted by Crippen LogP contribution is -2.26. The Morgan fingerprint density at radius 2 is 1.96 bits per heavy atom. The van der Waals surface area contributed by atoms with Crippen LogP contribution in [0.4, 0.5) is 0 Å². The molecule has 0 unspecified atom stereocenters. The van der Waals surface area contributed by atoms with Gasteiger partial charge in [0.25, 0.3) is 5.91 Å². The molecule has 6 heteroatoms. The molecule has 0 radical (unpaired) electrons. The van der Waals surface area contributed by atoms with E-state index in [0.29, 0.717) is 35.9 Å². The van der Waals surface area contributed by atoms with E-state index in [4.69, 9.17) is 9.47 Å². The van der Waals surface area contributed by atoms with Gasteiger partial charge < -0.3 is 14.8 Å². The van der Waals surface area contributed by atoms with E-state index in [2.05, 4.69) is 15.3 Å². The van der Waals surface area contributed by atoms with E-state index in [1.165, 1.54) is 0 Å². The van der Waals surface area contributed by atoms with Crippen LogP contribution in [-0.2, 0) is 6.42 Å². The summed E-state index contributed by atoms with van der Waals surface area (Å²) in [7, 11) is 3.22. The number of methoxy groups -OCH3 is 2. The number of para-hydroxylation sites is 1. The number of benzene rings is 1. The van der Waals surface area contributed by atoms with Crippen molar-refractivity contribution in [1.29, 1.82) is 0 Å². The Labute approximate surface area is 141 Å². The molecule has 6 nitrogen and oxygen atoms in total. The number of nitrogens with zero attached hydrogens (tertiary/aromatic N) is 2. The van der Waals surface area contributed by atoms with E-state index in [1.54, 1.807) is 26.6 Å². The minimum atomic E-state index is -0.167. The molecule has 0 aliphatic heterocycles. The van der Waals surface area contributed by atoms with E-state index in [9.17, 15) is 4.79 Å². The van der Waals surface area contributed by atoms with Crippen molar-refractivity contribution < 1.29 is 14.3 Å². The molecule has 126 valence electrons. The molecule has 1 aliphatic rings. The molecule has 1 heterocycles. The fourth-order valence-electron chi connectivity index (χ4n) is 2.57. The summed E-state index contributed by atoms with van der Waals surface area (Å²) in [6.07, 6.45) is 6.14. The van der Waals surface area contributed by atoms with Gasteiger partial charge in [-0.25, -0.2) is 9.97 Å². The van der Waals surface area contributed by atoms with Crippen molar-refractivity contribution in [1.82, 2.24) is 15.3 Å². The van der Waals surface area contributed by atoms with E-state index < -0.39 is 0 Å². The van der Waals surface area contributed by atoms with E-state index in [1.807, 2.05) is 18.2 Å². The quantitative estimate of drug-likeness (QED) is 0.845. The number of carbonyl (C=O) groups excluding carboxylic acids is 1. The van der Waals surface area contributed by atoms with Gasteiger partial charge in [-0.1, -0.05) is 12.1 Å². The number of aromatic nitrogens is 2. The molecule has 24 heavy (non-hydrogen) atoms. The van der Waals surface area contributed by atoms with Crippen molar-refractivity contribution in [2.24, 2.45) is 0 Å². The predicted molar refractivity (Wildman–Crippen MR) is 89.6 cm³/mol. The molecule has 1 aromatic carbocycles. The normalized spacial score (nSPS) is 13.4. The van der Waals surface area contributed by atoms with Crippen LogP contribution in [-0.4, -0.2) is 36.6 Å². The van der Waals surface area contributed by atoms with Gasteiger partial charge in [0.2, 0.25) is 0 Å². The largest absolute Gasteiger partial charge is 0.493 e. The first-order valence-corrected chi connectivity index (χ1v) is 8.03. The first-order valence-electron chi connectivity index (χ1n) is 8.03. The van der Waals surface area contributed by atoms with Crippen molar-refractivity contribution in [3.05, 3.63) is 47.5 Å². The maximum Gasteiger partial charge on any atom is 0.254 e. The molecular weight excluding hydrogens is 306 g/mol. The van der Waals surface area contributed by atoms with Crippen molar-refractivity contribution >= 4 is 5.91 Å². The van der Waals surface area contributed by atoms with Crippen LogP contribution in [0.25, 0.3) is 0 Å². The number of hydrogen-bond donors (Lipinski definition) is 1. The van der Waals surface area contributed by atoms with Crippen LogP contribution in [0.15, 0.2) is 30.6 Å². The summed E-state index contributed by atoms with van der Waals surface area (Å²) < 4.78 is 10.7. The Kier molecular flexibility index (Phi) is 4.93. The molecule has 2 aromatic rings. The van der Waals surface area contributed by atoms with Crippen molar-refractivity contribution in [3.8, 4) is 11.5 Å². The molecule has 1 amide bonds. The maximum absolute atomic E-state index is 12.2. The Morgan fingerprint density at radius 3 is 2.58 bits per heavy atom. The number of rotatable bonds is 7. The lowest BCUT2D eigenvalue weighted by atomic mass is 10.1. The molecule has 0 saturated heterocycles. The lowest BCUT2D eigenvalue weighted by molar-refractivity contribution is 0.0953. The zero-order valence-corrected chi connectivity index (χ0v) is 13.9. The Morgan fingerprint density at radius 1 is 1.21 bits per heavy atom. The fourth-order valence-corrected chi connectivity index (χ4v) is 2.57. The molecule has 1 N–H and O–H groups in total. The Hall–Kier alpha value is -2.63. The van der Waals surface area contributed by atoms with Crippen molar-refractivity contribution in [2.45, 2.75) is 25.2 Å². The minimum absolute atomic E-state index is 0.167. The monoisotopic (exact) mass is 327 g/mol. The molecule has 1 saturated carbocycles. The average Bonchev–Trinajstić information content (AvgIpc) is 3.46.